The predicted octanol–water partition coefficient (Wildman–Crippen LogP) is 0.692. The third-order valence-electron chi connectivity index (χ3n) is 6.83. The number of carbonyl (C=O) groups is 1. The van der Waals surface area contributed by atoms with Crippen molar-refractivity contribution in [3.63, 3.8) is 0 Å². The maximum atomic E-state index is 15.4. The first-order valence-electron chi connectivity index (χ1n) is 12.1. The first-order valence-corrected chi connectivity index (χ1v) is 14.1. The normalized spacial score (nSPS) is 17.9. The van der Waals surface area contributed by atoms with E-state index in [2.05, 4.69) is 22.1 Å². The Balaban J connectivity index is 1.84. The van der Waals surface area contributed by atoms with E-state index in [0.717, 1.165) is 6.26 Å². The predicted molar refractivity (Wildman–Crippen MR) is 144 cm³/mol. The summed E-state index contributed by atoms with van der Waals surface area (Å²) in [5.74, 6) is 3.50. The molecule has 0 amide bonds. The summed E-state index contributed by atoms with van der Waals surface area (Å²) < 4.78 is 47.0. The summed E-state index contributed by atoms with van der Waals surface area (Å²) in [5, 5.41) is 3.29. The standard InChI is InChI=1S/C27H26FN5O5S/c1-32-10-7-16-18(14-39(3,36)37)21(27(35)38-2)17-13-33(25-19(28)11-15(12-31-25)5-4-8-29)20-6-9-30-24(22(17)20)23(16)26(32)34/h7,10-13,20,30H,6,8-9,14,29H2,1-3H3. The number of carbonyl (C=O) groups excluding carboxylic acids is 1. The second kappa shape index (κ2) is 9.83. The minimum absolute atomic E-state index is 0.00249. The van der Waals surface area contributed by atoms with Gasteiger partial charge in [0.05, 0.1) is 42.3 Å². The van der Waals surface area contributed by atoms with Gasteiger partial charge in [0.25, 0.3) is 5.56 Å². The monoisotopic (exact) mass is 551 g/mol. The molecule has 3 aliphatic rings. The smallest absolute Gasteiger partial charge is 0.338 e. The number of aryl methyl sites for hydroxylation is 1. The van der Waals surface area contributed by atoms with Gasteiger partial charge in [0, 0.05) is 55.2 Å². The van der Waals surface area contributed by atoms with Gasteiger partial charge in [0.15, 0.2) is 21.5 Å². The molecule has 0 saturated heterocycles. The Hall–Kier alpha value is -4.21. The zero-order chi connectivity index (χ0) is 28.1. The van der Waals surface area contributed by atoms with Gasteiger partial charge < -0.3 is 25.3 Å². The van der Waals surface area contributed by atoms with E-state index in [0.29, 0.717) is 40.9 Å². The molecule has 12 heteroatoms. The lowest BCUT2D eigenvalue weighted by Gasteiger charge is -2.32. The van der Waals surface area contributed by atoms with Crippen molar-refractivity contribution >= 4 is 32.9 Å². The van der Waals surface area contributed by atoms with Gasteiger partial charge in [-0.05, 0) is 29.7 Å². The Morgan fingerprint density at radius 1 is 1.38 bits per heavy atom. The van der Waals surface area contributed by atoms with E-state index in [1.807, 2.05) is 0 Å². The largest absolute Gasteiger partial charge is 0.465 e. The molecule has 0 bridgehead atoms. The SMILES string of the molecule is COC(=O)C1=C(CS(C)(=O)=O)c2ccn(C)c(=O)c2C2=C3C1=CN(c1ncc(C#CCN)cc1F)C3CCN2. The molecule has 0 spiro atoms. The van der Waals surface area contributed by atoms with E-state index in [4.69, 9.17) is 10.5 Å². The maximum absolute atomic E-state index is 15.4. The lowest BCUT2D eigenvalue weighted by atomic mass is 9.89. The fourth-order valence-electron chi connectivity index (χ4n) is 5.27. The van der Waals surface area contributed by atoms with Crippen molar-refractivity contribution < 1.29 is 22.3 Å². The third-order valence-corrected chi connectivity index (χ3v) is 7.64. The molecule has 5 rings (SSSR count). The molecule has 0 fully saturated rings. The zero-order valence-electron chi connectivity index (χ0n) is 21.5. The number of pyridine rings is 2. The van der Waals surface area contributed by atoms with Crippen LogP contribution in [-0.2, 0) is 26.4 Å². The number of ether oxygens (including phenoxy) is 1. The molecule has 202 valence electrons. The van der Waals surface area contributed by atoms with Crippen LogP contribution >= 0.6 is 0 Å². The van der Waals surface area contributed by atoms with Crippen molar-refractivity contribution in [3.05, 3.63) is 80.3 Å². The quantitative estimate of drug-likeness (QED) is 0.415. The van der Waals surface area contributed by atoms with Crippen molar-refractivity contribution in [3.8, 4) is 11.8 Å². The van der Waals surface area contributed by atoms with Crippen molar-refractivity contribution in [2.75, 3.05) is 37.1 Å². The number of methoxy groups -OCH3 is 1. The minimum Gasteiger partial charge on any atom is -0.465 e. The average Bonchev–Trinajstić information content (AvgIpc) is 3.22. The van der Waals surface area contributed by atoms with E-state index >= 15 is 4.39 Å². The summed E-state index contributed by atoms with van der Waals surface area (Å²) in [4.78, 5) is 32.8. The van der Waals surface area contributed by atoms with E-state index < -0.39 is 33.4 Å². The van der Waals surface area contributed by atoms with Crippen LogP contribution in [0.4, 0.5) is 10.2 Å². The fraction of sp³-hybridized carbons (Fsp3) is 0.296. The molecule has 2 aliphatic heterocycles. The molecular formula is C27H26FN5O5S. The summed E-state index contributed by atoms with van der Waals surface area (Å²) in [6, 6.07) is 2.39. The van der Waals surface area contributed by atoms with Crippen molar-refractivity contribution in [2.24, 2.45) is 12.8 Å². The fourth-order valence-corrected chi connectivity index (χ4v) is 6.09. The molecule has 0 saturated carbocycles. The molecule has 3 N–H and O–H groups in total. The van der Waals surface area contributed by atoms with Crippen molar-refractivity contribution in [1.29, 1.82) is 0 Å². The number of sulfone groups is 1. The molecule has 2 aromatic rings. The molecule has 39 heavy (non-hydrogen) atoms. The summed E-state index contributed by atoms with van der Waals surface area (Å²) >= 11 is 0. The van der Waals surface area contributed by atoms with Crippen LogP contribution in [0.5, 0.6) is 0 Å². The number of nitrogens with two attached hydrogens (primary N) is 1. The third kappa shape index (κ3) is 4.53. The Morgan fingerprint density at radius 3 is 2.82 bits per heavy atom. The lowest BCUT2D eigenvalue weighted by molar-refractivity contribution is -0.135. The number of nitrogens with zero attached hydrogens (tertiary/aromatic N) is 3. The maximum Gasteiger partial charge on any atom is 0.338 e. The van der Waals surface area contributed by atoms with Gasteiger partial charge in [-0.2, -0.15) is 0 Å². The molecular weight excluding hydrogens is 525 g/mol. The first-order chi connectivity index (χ1) is 18.6. The molecule has 2 aromatic heterocycles. The summed E-state index contributed by atoms with van der Waals surface area (Å²) in [6.45, 7) is 0.558. The molecule has 1 aliphatic carbocycles. The molecule has 1 unspecified atom stereocenters. The van der Waals surface area contributed by atoms with E-state index in [-0.39, 0.29) is 34.6 Å². The van der Waals surface area contributed by atoms with Crippen LogP contribution in [0.1, 0.15) is 23.1 Å². The number of halogens is 1. The second-order valence-corrected chi connectivity index (χ2v) is 11.6. The van der Waals surface area contributed by atoms with Gasteiger partial charge in [-0.15, -0.1) is 0 Å². The highest BCUT2D eigenvalue weighted by atomic mass is 32.2. The van der Waals surface area contributed by atoms with Gasteiger partial charge >= 0.3 is 5.97 Å². The Labute approximate surface area is 224 Å². The van der Waals surface area contributed by atoms with Gasteiger partial charge in [0.1, 0.15) is 0 Å². The van der Waals surface area contributed by atoms with Crippen LogP contribution in [0.15, 0.2) is 52.2 Å². The minimum atomic E-state index is -3.66. The van der Waals surface area contributed by atoms with Crippen LogP contribution in [0.25, 0.3) is 11.3 Å². The first kappa shape index (κ1) is 26.4. The second-order valence-electron chi connectivity index (χ2n) is 9.44. The van der Waals surface area contributed by atoms with Crippen LogP contribution in [0, 0.1) is 17.7 Å². The van der Waals surface area contributed by atoms with Crippen molar-refractivity contribution in [1.82, 2.24) is 14.9 Å². The van der Waals surface area contributed by atoms with Crippen LogP contribution < -0.4 is 21.5 Å². The van der Waals surface area contributed by atoms with E-state index in [9.17, 15) is 18.0 Å². The lowest BCUT2D eigenvalue weighted by Crippen LogP contribution is -2.39. The van der Waals surface area contributed by atoms with Gasteiger partial charge in [0.2, 0.25) is 0 Å². The highest BCUT2D eigenvalue weighted by Crippen LogP contribution is 2.47. The number of aromatic nitrogens is 2. The summed E-state index contributed by atoms with van der Waals surface area (Å²) in [7, 11) is -0.876. The molecule has 0 radical (unpaired) electrons. The number of hydrogen-bond acceptors (Lipinski definition) is 9. The number of fused-ring (bicyclic) bond motifs is 2. The van der Waals surface area contributed by atoms with Crippen LogP contribution in [0.2, 0.25) is 0 Å². The summed E-state index contributed by atoms with van der Waals surface area (Å²) in [6.07, 6.45) is 6.08. The highest BCUT2D eigenvalue weighted by Gasteiger charge is 2.44. The Bertz CT molecular complexity index is 1740. The number of esters is 1. The Kier molecular flexibility index (Phi) is 6.65. The van der Waals surface area contributed by atoms with Gasteiger partial charge in [-0.3, -0.25) is 4.79 Å². The topological polar surface area (TPSA) is 137 Å². The molecule has 10 nitrogen and oxygen atoms in total. The molecule has 1 atom stereocenters. The van der Waals surface area contributed by atoms with E-state index in [1.54, 1.807) is 24.2 Å². The number of nitrogens with one attached hydrogen (secondary N) is 1. The summed E-state index contributed by atoms with van der Waals surface area (Å²) in [5.41, 5.74) is 7.50. The van der Waals surface area contributed by atoms with Crippen LogP contribution in [0.3, 0.4) is 0 Å². The van der Waals surface area contributed by atoms with Crippen molar-refractivity contribution in [2.45, 2.75) is 12.5 Å². The number of hydrogen-bond donors (Lipinski definition) is 2. The highest BCUT2D eigenvalue weighted by molar-refractivity contribution is 7.91. The number of anilines is 1. The molecule has 4 heterocycles. The van der Waals surface area contributed by atoms with E-state index in [1.165, 1.54) is 30.1 Å². The Morgan fingerprint density at radius 2 is 2.15 bits per heavy atom. The average molecular weight is 552 g/mol. The van der Waals surface area contributed by atoms with Gasteiger partial charge in [-0.1, -0.05) is 11.8 Å². The van der Waals surface area contributed by atoms with Gasteiger partial charge in [-0.25, -0.2) is 22.6 Å². The van der Waals surface area contributed by atoms with Crippen LogP contribution in [-0.4, -0.2) is 62.2 Å². The number of rotatable bonds is 4. The zero-order valence-corrected chi connectivity index (χ0v) is 22.4. The molecule has 0 aromatic carbocycles.